The molecule has 1 heterocycles. The Kier molecular flexibility index (Phi) is 8.41. The van der Waals surface area contributed by atoms with Crippen LogP contribution in [-0.4, -0.2) is 68.8 Å². The Balaban J connectivity index is 2.02. The standard InChI is InChI=1S/C19H27BrN2O4/c1-4-8-26-19-16(20)11-15(12-17(19)25-5-2)13-21(3)14-18(23)22-6-9-24-10-7-22/h4,11-12H,1,5-10,13-14H2,2-3H3. The van der Waals surface area contributed by atoms with E-state index in [-0.39, 0.29) is 5.91 Å². The molecule has 0 aliphatic carbocycles. The molecule has 1 aliphatic rings. The Morgan fingerprint density at radius 2 is 2.12 bits per heavy atom. The molecule has 0 bridgehead atoms. The molecular weight excluding hydrogens is 400 g/mol. The Morgan fingerprint density at radius 3 is 2.77 bits per heavy atom. The van der Waals surface area contributed by atoms with Crippen LogP contribution in [-0.2, 0) is 16.1 Å². The van der Waals surface area contributed by atoms with Crippen LogP contribution < -0.4 is 9.47 Å². The van der Waals surface area contributed by atoms with Crippen molar-refractivity contribution < 1.29 is 19.0 Å². The lowest BCUT2D eigenvalue weighted by Gasteiger charge is -2.28. The van der Waals surface area contributed by atoms with Crippen LogP contribution in [0.25, 0.3) is 0 Å². The average Bonchev–Trinajstić information content (AvgIpc) is 2.62. The molecule has 0 spiro atoms. The van der Waals surface area contributed by atoms with Crippen molar-refractivity contribution in [2.45, 2.75) is 13.5 Å². The first kappa shape index (κ1) is 20.7. The molecule has 1 aromatic carbocycles. The van der Waals surface area contributed by atoms with Crippen LogP contribution in [0.2, 0.25) is 0 Å². The summed E-state index contributed by atoms with van der Waals surface area (Å²) in [7, 11) is 1.94. The fourth-order valence-electron chi connectivity index (χ4n) is 2.77. The zero-order valence-electron chi connectivity index (χ0n) is 15.5. The lowest BCUT2D eigenvalue weighted by molar-refractivity contribution is -0.136. The first-order valence-corrected chi connectivity index (χ1v) is 9.57. The summed E-state index contributed by atoms with van der Waals surface area (Å²) in [5.74, 6) is 1.49. The van der Waals surface area contributed by atoms with Crippen LogP contribution in [0.3, 0.4) is 0 Å². The third-order valence-corrected chi connectivity index (χ3v) is 4.53. The highest BCUT2D eigenvalue weighted by molar-refractivity contribution is 9.10. The normalized spacial score (nSPS) is 14.4. The van der Waals surface area contributed by atoms with Crippen LogP contribution in [0.1, 0.15) is 12.5 Å². The monoisotopic (exact) mass is 426 g/mol. The number of ether oxygens (including phenoxy) is 3. The molecule has 26 heavy (non-hydrogen) atoms. The summed E-state index contributed by atoms with van der Waals surface area (Å²) in [5.41, 5.74) is 1.04. The van der Waals surface area contributed by atoms with Gasteiger partial charge in [0.05, 0.1) is 30.8 Å². The van der Waals surface area contributed by atoms with Crippen LogP contribution in [0.15, 0.2) is 29.3 Å². The van der Waals surface area contributed by atoms with E-state index in [1.807, 2.05) is 35.9 Å². The van der Waals surface area contributed by atoms with Gasteiger partial charge in [0, 0.05) is 19.6 Å². The van der Waals surface area contributed by atoms with Crippen LogP contribution >= 0.6 is 15.9 Å². The summed E-state index contributed by atoms with van der Waals surface area (Å²) < 4.78 is 17.5. The highest BCUT2D eigenvalue weighted by Gasteiger charge is 2.19. The van der Waals surface area contributed by atoms with Gasteiger partial charge in [-0.2, -0.15) is 0 Å². The summed E-state index contributed by atoms with van der Waals surface area (Å²) in [6.07, 6.45) is 1.70. The third kappa shape index (κ3) is 6.00. The maximum absolute atomic E-state index is 12.4. The molecule has 0 aromatic heterocycles. The Labute approximate surface area is 163 Å². The number of likely N-dealkylation sites (N-methyl/N-ethyl adjacent to an activating group) is 1. The first-order chi connectivity index (χ1) is 12.5. The highest BCUT2D eigenvalue weighted by atomic mass is 79.9. The van der Waals surface area contributed by atoms with Gasteiger partial charge in [0.2, 0.25) is 5.91 Å². The van der Waals surface area contributed by atoms with Gasteiger partial charge in [-0.15, -0.1) is 0 Å². The average molecular weight is 427 g/mol. The Morgan fingerprint density at radius 1 is 1.38 bits per heavy atom. The van der Waals surface area contributed by atoms with Crippen LogP contribution in [0.5, 0.6) is 11.5 Å². The molecule has 1 aliphatic heterocycles. The zero-order valence-corrected chi connectivity index (χ0v) is 17.1. The summed E-state index contributed by atoms with van der Waals surface area (Å²) >= 11 is 3.55. The Hall–Kier alpha value is -1.57. The number of nitrogens with zero attached hydrogens (tertiary/aromatic N) is 2. The van der Waals surface area contributed by atoms with E-state index in [4.69, 9.17) is 14.2 Å². The molecule has 7 heteroatoms. The van der Waals surface area contributed by atoms with Crippen molar-refractivity contribution in [3.63, 3.8) is 0 Å². The lowest BCUT2D eigenvalue weighted by Crippen LogP contribution is -2.44. The van der Waals surface area contributed by atoms with Crippen molar-refractivity contribution in [2.75, 3.05) is 53.1 Å². The van der Waals surface area contributed by atoms with Gasteiger partial charge in [-0.05, 0) is 47.6 Å². The second kappa shape index (κ2) is 10.5. The minimum atomic E-state index is 0.130. The molecule has 1 fully saturated rings. The maximum Gasteiger partial charge on any atom is 0.236 e. The van der Waals surface area contributed by atoms with E-state index in [2.05, 4.69) is 22.5 Å². The van der Waals surface area contributed by atoms with Gasteiger partial charge in [0.15, 0.2) is 11.5 Å². The number of halogens is 1. The third-order valence-electron chi connectivity index (χ3n) is 3.94. The number of benzene rings is 1. The number of morpholine rings is 1. The quantitative estimate of drug-likeness (QED) is 0.568. The van der Waals surface area contributed by atoms with Gasteiger partial charge in [0.25, 0.3) is 0 Å². The predicted octanol–water partition coefficient (Wildman–Crippen LogP) is 2.70. The molecule has 144 valence electrons. The molecule has 2 rings (SSSR count). The molecule has 0 atom stereocenters. The van der Waals surface area contributed by atoms with E-state index in [1.54, 1.807) is 6.08 Å². The molecular formula is C19H27BrN2O4. The fourth-order valence-corrected chi connectivity index (χ4v) is 3.37. The van der Waals surface area contributed by atoms with Crippen LogP contribution in [0.4, 0.5) is 0 Å². The van der Waals surface area contributed by atoms with Gasteiger partial charge in [0.1, 0.15) is 6.61 Å². The van der Waals surface area contributed by atoms with Gasteiger partial charge < -0.3 is 19.1 Å². The molecule has 1 aromatic rings. The van der Waals surface area contributed by atoms with Crippen molar-refractivity contribution in [3.05, 3.63) is 34.8 Å². The predicted molar refractivity (Wildman–Crippen MR) is 105 cm³/mol. The van der Waals surface area contributed by atoms with Crippen molar-refractivity contribution in [2.24, 2.45) is 0 Å². The number of amides is 1. The van der Waals surface area contributed by atoms with E-state index in [0.29, 0.717) is 64.1 Å². The molecule has 6 nitrogen and oxygen atoms in total. The van der Waals surface area contributed by atoms with Gasteiger partial charge in [-0.25, -0.2) is 0 Å². The number of hydrogen-bond acceptors (Lipinski definition) is 5. The fraction of sp³-hybridized carbons (Fsp3) is 0.526. The SMILES string of the molecule is C=CCOc1c(Br)cc(CN(C)CC(=O)N2CCOCC2)cc1OCC. The summed E-state index contributed by atoms with van der Waals surface area (Å²) in [4.78, 5) is 16.2. The number of carbonyl (C=O) groups is 1. The largest absolute Gasteiger partial charge is 0.490 e. The van der Waals surface area contributed by atoms with E-state index in [9.17, 15) is 4.79 Å². The second-order valence-corrected chi connectivity index (χ2v) is 6.96. The molecule has 0 radical (unpaired) electrons. The van der Waals surface area contributed by atoms with E-state index < -0.39 is 0 Å². The maximum atomic E-state index is 12.4. The highest BCUT2D eigenvalue weighted by Crippen LogP contribution is 2.37. The van der Waals surface area contributed by atoms with E-state index >= 15 is 0 Å². The number of carbonyl (C=O) groups excluding carboxylic acids is 1. The first-order valence-electron chi connectivity index (χ1n) is 8.78. The van der Waals surface area contributed by atoms with Gasteiger partial charge >= 0.3 is 0 Å². The van der Waals surface area contributed by atoms with Crippen molar-refractivity contribution in [3.8, 4) is 11.5 Å². The molecule has 0 N–H and O–H groups in total. The summed E-state index contributed by atoms with van der Waals surface area (Å²) in [5, 5.41) is 0. The molecule has 1 saturated heterocycles. The Bertz CT molecular complexity index is 618. The molecule has 1 amide bonds. The van der Waals surface area contributed by atoms with Crippen molar-refractivity contribution in [1.82, 2.24) is 9.80 Å². The smallest absolute Gasteiger partial charge is 0.236 e. The van der Waals surface area contributed by atoms with Gasteiger partial charge in [-0.1, -0.05) is 12.7 Å². The van der Waals surface area contributed by atoms with Crippen molar-refractivity contribution in [1.29, 1.82) is 0 Å². The number of rotatable bonds is 9. The minimum Gasteiger partial charge on any atom is -0.490 e. The van der Waals surface area contributed by atoms with E-state index in [0.717, 1.165) is 10.0 Å². The van der Waals surface area contributed by atoms with Gasteiger partial charge in [-0.3, -0.25) is 9.69 Å². The number of hydrogen-bond donors (Lipinski definition) is 0. The minimum absolute atomic E-state index is 0.130. The zero-order chi connectivity index (χ0) is 18.9. The van der Waals surface area contributed by atoms with Crippen LogP contribution in [0, 0.1) is 0 Å². The van der Waals surface area contributed by atoms with Crippen molar-refractivity contribution >= 4 is 21.8 Å². The molecule has 0 saturated carbocycles. The summed E-state index contributed by atoms with van der Waals surface area (Å²) in [6.45, 7) is 10.1. The molecule has 0 unspecified atom stereocenters. The van der Waals surface area contributed by atoms with E-state index in [1.165, 1.54) is 0 Å². The topological polar surface area (TPSA) is 51.2 Å². The second-order valence-electron chi connectivity index (χ2n) is 6.10. The lowest BCUT2D eigenvalue weighted by atomic mass is 10.2. The summed E-state index contributed by atoms with van der Waals surface area (Å²) in [6, 6.07) is 3.96.